The van der Waals surface area contributed by atoms with Crippen molar-refractivity contribution in [3.8, 4) is 5.75 Å². The van der Waals surface area contributed by atoms with Gasteiger partial charge in [0.05, 0.1) is 18.2 Å². The SMILES string of the molecule is COc1c(Br)cccc1CNC1CCOC1. The Balaban J connectivity index is 2.00. The van der Waals surface area contributed by atoms with Crippen LogP contribution in [0.1, 0.15) is 12.0 Å². The number of rotatable bonds is 4. The minimum absolute atomic E-state index is 0.476. The molecular formula is C12H16BrNO2. The molecule has 1 atom stereocenters. The molecule has 0 aromatic heterocycles. The van der Waals surface area contributed by atoms with Crippen LogP contribution >= 0.6 is 15.9 Å². The van der Waals surface area contributed by atoms with E-state index in [2.05, 4.69) is 27.3 Å². The van der Waals surface area contributed by atoms with Crippen molar-refractivity contribution in [2.24, 2.45) is 0 Å². The van der Waals surface area contributed by atoms with Gasteiger partial charge in [-0.1, -0.05) is 12.1 Å². The second-order valence-corrected chi connectivity index (χ2v) is 4.73. The third-order valence-corrected chi connectivity index (χ3v) is 3.39. The summed E-state index contributed by atoms with van der Waals surface area (Å²) in [4.78, 5) is 0. The Kier molecular flexibility index (Phi) is 4.21. The van der Waals surface area contributed by atoms with Gasteiger partial charge in [0.25, 0.3) is 0 Å². The van der Waals surface area contributed by atoms with Gasteiger partial charge < -0.3 is 14.8 Å². The zero-order valence-electron chi connectivity index (χ0n) is 9.33. The quantitative estimate of drug-likeness (QED) is 0.921. The summed E-state index contributed by atoms with van der Waals surface area (Å²) in [5, 5.41) is 3.47. The van der Waals surface area contributed by atoms with Gasteiger partial charge in [0, 0.05) is 24.8 Å². The number of ether oxygens (including phenoxy) is 2. The zero-order valence-corrected chi connectivity index (χ0v) is 10.9. The summed E-state index contributed by atoms with van der Waals surface area (Å²) in [7, 11) is 1.70. The van der Waals surface area contributed by atoms with Crippen LogP contribution in [0.15, 0.2) is 22.7 Å². The largest absolute Gasteiger partial charge is 0.495 e. The van der Waals surface area contributed by atoms with Crippen LogP contribution < -0.4 is 10.1 Å². The molecule has 16 heavy (non-hydrogen) atoms. The van der Waals surface area contributed by atoms with Crippen molar-refractivity contribution in [1.29, 1.82) is 0 Å². The van der Waals surface area contributed by atoms with Crippen molar-refractivity contribution in [1.82, 2.24) is 5.32 Å². The fourth-order valence-corrected chi connectivity index (χ4v) is 2.44. The van der Waals surface area contributed by atoms with Crippen molar-refractivity contribution in [3.05, 3.63) is 28.2 Å². The van der Waals surface area contributed by atoms with Gasteiger partial charge in [-0.15, -0.1) is 0 Å². The van der Waals surface area contributed by atoms with E-state index < -0.39 is 0 Å². The summed E-state index contributed by atoms with van der Waals surface area (Å²) in [5.74, 6) is 0.911. The summed E-state index contributed by atoms with van der Waals surface area (Å²) in [6, 6.07) is 6.56. The molecule has 1 aromatic carbocycles. The topological polar surface area (TPSA) is 30.5 Å². The van der Waals surface area contributed by atoms with Crippen LogP contribution in [0.3, 0.4) is 0 Å². The minimum atomic E-state index is 0.476. The Hall–Kier alpha value is -0.580. The number of benzene rings is 1. The summed E-state index contributed by atoms with van der Waals surface area (Å²) >= 11 is 3.48. The first kappa shape index (κ1) is 11.9. The number of hydrogen-bond acceptors (Lipinski definition) is 3. The van der Waals surface area contributed by atoms with E-state index in [4.69, 9.17) is 9.47 Å². The molecule has 1 heterocycles. The molecule has 0 saturated carbocycles. The maximum atomic E-state index is 5.37. The first-order valence-electron chi connectivity index (χ1n) is 5.44. The third-order valence-electron chi connectivity index (χ3n) is 2.76. The van der Waals surface area contributed by atoms with E-state index in [0.29, 0.717) is 6.04 Å². The van der Waals surface area contributed by atoms with Crippen molar-refractivity contribution < 1.29 is 9.47 Å². The van der Waals surface area contributed by atoms with Gasteiger partial charge >= 0.3 is 0 Å². The van der Waals surface area contributed by atoms with Crippen LogP contribution in [0.5, 0.6) is 5.75 Å². The van der Waals surface area contributed by atoms with E-state index in [9.17, 15) is 0 Å². The fourth-order valence-electron chi connectivity index (χ4n) is 1.87. The molecule has 0 spiro atoms. The second-order valence-electron chi connectivity index (χ2n) is 3.87. The Morgan fingerprint density at radius 1 is 1.56 bits per heavy atom. The van der Waals surface area contributed by atoms with Gasteiger partial charge in [0.2, 0.25) is 0 Å². The molecule has 1 aromatic rings. The normalized spacial score (nSPS) is 20.0. The first-order chi connectivity index (χ1) is 7.81. The van der Waals surface area contributed by atoms with E-state index in [1.54, 1.807) is 7.11 Å². The van der Waals surface area contributed by atoms with Gasteiger partial charge in [-0.3, -0.25) is 0 Å². The number of hydrogen-bond donors (Lipinski definition) is 1. The lowest BCUT2D eigenvalue weighted by Gasteiger charge is -2.14. The number of methoxy groups -OCH3 is 1. The number of halogens is 1. The summed E-state index contributed by atoms with van der Waals surface area (Å²) in [5.41, 5.74) is 1.17. The smallest absolute Gasteiger partial charge is 0.137 e. The molecule has 0 radical (unpaired) electrons. The molecule has 1 aliphatic heterocycles. The average Bonchev–Trinajstić information content (AvgIpc) is 2.79. The first-order valence-corrected chi connectivity index (χ1v) is 6.23. The lowest BCUT2D eigenvalue weighted by atomic mass is 10.2. The molecule has 1 saturated heterocycles. The van der Waals surface area contributed by atoms with Crippen LogP contribution in [-0.2, 0) is 11.3 Å². The Bertz CT molecular complexity index is 351. The monoisotopic (exact) mass is 285 g/mol. The van der Waals surface area contributed by atoms with Crippen LogP contribution in [0, 0.1) is 0 Å². The van der Waals surface area contributed by atoms with Gasteiger partial charge in [-0.2, -0.15) is 0 Å². The van der Waals surface area contributed by atoms with Crippen LogP contribution in [-0.4, -0.2) is 26.4 Å². The van der Waals surface area contributed by atoms with E-state index in [1.165, 1.54) is 5.56 Å². The van der Waals surface area contributed by atoms with Crippen molar-refractivity contribution in [2.45, 2.75) is 19.0 Å². The maximum Gasteiger partial charge on any atom is 0.137 e. The fraction of sp³-hybridized carbons (Fsp3) is 0.500. The molecule has 4 heteroatoms. The molecule has 1 unspecified atom stereocenters. The van der Waals surface area contributed by atoms with Gasteiger partial charge in [0.1, 0.15) is 5.75 Å². The van der Waals surface area contributed by atoms with E-state index in [1.807, 2.05) is 12.1 Å². The van der Waals surface area contributed by atoms with Crippen molar-refractivity contribution in [3.63, 3.8) is 0 Å². The van der Waals surface area contributed by atoms with E-state index >= 15 is 0 Å². The predicted octanol–water partition coefficient (Wildman–Crippen LogP) is 2.34. The molecule has 1 aliphatic rings. The molecule has 2 rings (SSSR count). The molecule has 88 valence electrons. The molecule has 3 nitrogen and oxygen atoms in total. The summed E-state index contributed by atoms with van der Waals surface area (Å²) < 4.78 is 11.7. The van der Waals surface area contributed by atoms with E-state index in [0.717, 1.165) is 36.4 Å². The Morgan fingerprint density at radius 3 is 3.12 bits per heavy atom. The molecule has 1 fully saturated rings. The van der Waals surface area contributed by atoms with Crippen LogP contribution in [0.4, 0.5) is 0 Å². The highest BCUT2D eigenvalue weighted by atomic mass is 79.9. The third kappa shape index (κ3) is 2.75. The standard InChI is InChI=1S/C12H16BrNO2/c1-15-12-9(3-2-4-11(12)13)7-14-10-5-6-16-8-10/h2-4,10,14H,5-8H2,1H3. The lowest BCUT2D eigenvalue weighted by molar-refractivity contribution is 0.189. The lowest BCUT2D eigenvalue weighted by Crippen LogP contribution is -2.28. The molecular weight excluding hydrogens is 270 g/mol. The minimum Gasteiger partial charge on any atom is -0.495 e. The average molecular weight is 286 g/mol. The van der Waals surface area contributed by atoms with Crippen molar-refractivity contribution >= 4 is 15.9 Å². The Morgan fingerprint density at radius 2 is 2.44 bits per heavy atom. The number of para-hydroxylation sites is 1. The summed E-state index contributed by atoms with van der Waals surface area (Å²) in [6.45, 7) is 2.50. The number of nitrogens with one attached hydrogen (secondary N) is 1. The highest BCUT2D eigenvalue weighted by molar-refractivity contribution is 9.10. The highest BCUT2D eigenvalue weighted by Gasteiger charge is 2.15. The maximum absolute atomic E-state index is 5.37. The second kappa shape index (κ2) is 5.66. The van der Waals surface area contributed by atoms with Gasteiger partial charge in [-0.05, 0) is 28.4 Å². The highest BCUT2D eigenvalue weighted by Crippen LogP contribution is 2.28. The molecule has 1 N–H and O–H groups in total. The van der Waals surface area contributed by atoms with Crippen LogP contribution in [0.2, 0.25) is 0 Å². The molecule has 0 amide bonds. The van der Waals surface area contributed by atoms with Gasteiger partial charge in [-0.25, -0.2) is 0 Å². The van der Waals surface area contributed by atoms with Crippen molar-refractivity contribution in [2.75, 3.05) is 20.3 Å². The zero-order chi connectivity index (χ0) is 11.4. The molecule has 0 bridgehead atoms. The van der Waals surface area contributed by atoms with Gasteiger partial charge in [0.15, 0.2) is 0 Å². The Labute approximate surface area is 104 Å². The molecule has 0 aliphatic carbocycles. The summed E-state index contributed by atoms with van der Waals surface area (Å²) in [6.07, 6.45) is 1.09. The van der Waals surface area contributed by atoms with E-state index in [-0.39, 0.29) is 0 Å². The van der Waals surface area contributed by atoms with Crippen LogP contribution in [0.25, 0.3) is 0 Å². The predicted molar refractivity (Wildman–Crippen MR) is 66.8 cm³/mol.